The number of barbiturate groups is 1. The number of nitrogens with one attached hydrogen (secondary N) is 2. The number of aromatic hydroxyl groups is 1. The molecule has 27 heavy (non-hydrogen) atoms. The molecule has 0 unspecified atom stereocenters. The molecule has 0 radical (unpaired) electrons. The maximum Gasteiger partial charge on any atom is 0.328 e. The first kappa shape index (κ1) is 20.2. The van der Waals surface area contributed by atoms with Gasteiger partial charge in [0.15, 0.2) is 0 Å². The van der Waals surface area contributed by atoms with Crippen molar-refractivity contribution in [1.29, 1.82) is 0 Å². The lowest BCUT2D eigenvalue weighted by Crippen LogP contribution is -2.51. The first-order chi connectivity index (χ1) is 12.8. The molecule has 1 fully saturated rings. The lowest BCUT2D eigenvalue weighted by Gasteiger charge is -2.15. The molecule has 1 aliphatic rings. The van der Waals surface area contributed by atoms with Crippen LogP contribution in [-0.2, 0) is 19.1 Å². The summed E-state index contributed by atoms with van der Waals surface area (Å²) in [5.41, 5.74) is -0.239. The van der Waals surface area contributed by atoms with Crippen molar-refractivity contribution in [3.63, 3.8) is 0 Å². The van der Waals surface area contributed by atoms with Crippen LogP contribution < -0.4 is 15.4 Å². The quantitative estimate of drug-likeness (QED) is 0.275. The molecular formula is C17H17ClN2O7. The second kappa shape index (κ2) is 9.04. The molecule has 0 spiro atoms. The number of urea groups is 1. The number of hydrogen-bond donors (Lipinski definition) is 3. The fraction of sp³-hybridized carbons (Fsp3) is 0.294. The molecular weight excluding hydrogens is 380 g/mol. The summed E-state index contributed by atoms with van der Waals surface area (Å²) in [7, 11) is 0. The summed E-state index contributed by atoms with van der Waals surface area (Å²) in [4.78, 5) is 45.1. The van der Waals surface area contributed by atoms with Crippen LogP contribution in [0.25, 0.3) is 6.08 Å². The Morgan fingerprint density at radius 1 is 1.15 bits per heavy atom. The van der Waals surface area contributed by atoms with Crippen molar-refractivity contribution in [2.24, 2.45) is 0 Å². The minimum absolute atomic E-state index is 0.0861. The zero-order valence-electron chi connectivity index (χ0n) is 14.3. The molecule has 1 aliphatic heterocycles. The van der Waals surface area contributed by atoms with Crippen molar-refractivity contribution in [2.45, 2.75) is 19.8 Å². The SMILES string of the molecule is CC(=O)OCCCCOc1ccc(C=C2C(=O)NC(=O)NC2=O)c(O)c1Cl. The minimum Gasteiger partial charge on any atom is -0.506 e. The van der Waals surface area contributed by atoms with Gasteiger partial charge in [-0.3, -0.25) is 25.0 Å². The molecule has 1 aromatic carbocycles. The molecule has 0 bridgehead atoms. The monoisotopic (exact) mass is 396 g/mol. The van der Waals surface area contributed by atoms with Crippen LogP contribution in [0.1, 0.15) is 25.3 Å². The largest absolute Gasteiger partial charge is 0.506 e. The Labute approximate surface area is 159 Å². The van der Waals surface area contributed by atoms with Crippen molar-refractivity contribution >= 4 is 41.5 Å². The standard InChI is InChI=1S/C17H17ClN2O7/c1-9(21)26-6-2-3-7-27-12-5-4-10(14(22)13(12)18)8-11-15(23)19-17(25)20-16(11)24/h4-5,8,22H,2-3,6-7H2,1H3,(H2,19,20,23,24,25). The van der Waals surface area contributed by atoms with Gasteiger partial charge in [-0.1, -0.05) is 11.6 Å². The fourth-order valence-electron chi connectivity index (χ4n) is 2.15. The van der Waals surface area contributed by atoms with Gasteiger partial charge in [-0.05, 0) is 31.1 Å². The smallest absolute Gasteiger partial charge is 0.328 e. The summed E-state index contributed by atoms with van der Waals surface area (Å²) in [6, 6.07) is 1.98. The Balaban J connectivity index is 2.03. The number of halogens is 1. The van der Waals surface area contributed by atoms with Gasteiger partial charge in [-0.15, -0.1) is 0 Å². The van der Waals surface area contributed by atoms with Gasteiger partial charge in [0.1, 0.15) is 22.1 Å². The van der Waals surface area contributed by atoms with Gasteiger partial charge >= 0.3 is 12.0 Å². The topological polar surface area (TPSA) is 131 Å². The first-order valence-electron chi connectivity index (χ1n) is 7.95. The third kappa shape index (κ3) is 5.45. The van der Waals surface area contributed by atoms with Crippen LogP contribution in [0.2, 0.25) is 5.02 Å². The maximum atomic E-state index is 11.7. The van der Waals surface area contributed by atoms with Crippen molar-refractivity contribution < 1.29 is 33.8 Å². The second-order valence-electron chi connectivity index (χ2n) is 5.51. The zero-order chi connectivity index (χ0) is 20.0. The van der Waals surface area contributed by atoms with Gasteiger partial charge in [-0.25, -0.2) is 4.79 Å². The summed E-state index contributed by atoms with van der Waals surface area (Å²) in [5, 5.41) is 14.0. The Hall–Kier alpha value is -3.07. The summed E-state index contributed by atoms with van der Waals surface area (Å²) >= 11 is 6.06. The Bertz CT molecular complexity index is 798. The normalized spacial score (nSPS) is 13.7. The highest BCUT2D eigenvalue weighted by atomic mass is 35.5. The maximum absolute atomic E-state index is 11.7. The van der Waals surface area contributed by atoms with E-state index >= 15 is 0 Å². The number of imide groups is 2. The molecule has 10 heteroatoms. The number of amides is 4. The molecule has 144 valence electrons. The van der Waals surface area contributed by atoms with E-state index in [9.17, 15) is 24.3 Å². The molecule has 0 saturated carbocycles. The van der Waals surface area contributed by atoms with Crippen LogP contribution in [0.4, 0.5) is 4.79 Å². The number of phenols is 1. The van der Waals surface area contributed by atoms with Gasteiger partial charge in [0.05, 0.1) is 13.2 Å². The number of esters is 1. The van der Waals surface area contributed by atoms with Crippen LogP contribution in [0.3, 0.4) is 0 Å². The molecule has 4 amide bonds. The predicted octanol–water partition coefficient (Wildman–Crippen LogP) is 1.52. The van der Waals surface area contributed by atoms with E-state index in [0.717, 1.165) is 6.08 Å². The van der Waals surface area contributed by atoms with E-state index < -0.39 is 17.8 Å². The minimum atomic E-state index is -0.915. The van der Waals surface area contributed by atoms with E-state index in [1.807, 2.05) is 10.6 Å². The lowest BCUT2D eigenvalue weighted by molar-refractivity contribution is -0.141. The van der Waals surface area contributed by atoms with E-state index in [1.165, 1.54) is 19.1 Å². The first-order valence-corrected chi connectivity index (χ1v) is 8.33. The average Bonchev–Trinajstić information content (AvgIpc) is 2.59. The highest BCUT2D eigenvalue weighted by Gasteiger charge is 2.28. The summed E-state index contributed by atoms with van der Waals surface area (Å²) < 4.78 is 10.3. The van der Waals surface area contributed by atoms with Gasteiger partial charge in [0.25, 0.3) is 11.8 Å². The van der Waals surface area contributed by atoms with E-state index in [-0.39, 0.29) is 46.8 Å². The van der Waals surface area contributed by atoms with Gasteiger partial charge < -0.3 is 14.6 Å². The third-order valence-electron chi connectivity index (χ3n) is 3.46. The second-order valence-corrected chi connectivity index (χ2v) is 5.88. The van der Waals surface area contributed by atoms with Gasteiger partial charge in [-0.2, -0.15) is 0 Å². The molecule has 1 heterocycles. The van der Waals surface area contributed by atoms with Crippen LogP contribution in [0.15, 0.2) is 17.7 Å². The van der Waals surface area contributed by atoms with E-state index in [4.69, 9.17) is 21.1 Å². The van der Waals surface area contributed by atoms with Crippen LogP contribution >= 0.6 is 11.6 Å². The number of hydrogen-bond acceptors (Lipinski definition) is 7. The molecule has 2 rings (SSSR count). The number of carbonyl (C=O) groups is 4. The lowest BCUT2D eigenvalue weighted by atomic mass is 10.1. The van der Waals surface area contributed by atoms with Crippen molar-refractivity contribution in [3.05, 3.63) is 28.3 Å². The number of phenolic OH excluding ortho intramolecular Hbond substituents is 1. The van der Waals surface area contributed by atoms with Crippen LogP contribution in [0.5, 0.6) is 11.5 Å². The van der Waals surface area contributed by atoms with Crippen molar-refractivity contribution in [1.82, 2.24) is 10.6 Å². The van der Waals surface area contributed by atoms with Crippen LogP contribution in [-0.4, -0.2) is 42.1 Å². The number of ether oxygens (including phenoxy) is 2. The Morgan fingerprint density at radius 2 is 1.78 bits per heavy atom. The third-order valence-corrected chi connectivity index (χ3v) is 3.82. The van der Waals surface area contributed by atoms with Crippen LogP contribution in [0, 0.1) is 0 Å². The summed E-state index contributed by atoms with van der Waals surface area (Å²) in [6.07, 6.45) is 2.32. The molecule has 0 atom stereocenters. The van der Waals surface area contributed by atoms with E-state index in [0.29, 0.717) is 12.8 Å². The number of benzene rings is 1. The number of unbranched alkanes of at least 4 members (excludes halogenated alkanes) is 1. The predicted molar refractivity (Wildman–Crippen MR) is 94.1 cm³/mol. The Kier molecular flexibility index (Phi) is 6.78. The molecule has 3 N–H and O–H groups in total. The van der Waals surface area contributed by atoms with Crippen molar-refractivity contribution in [2.75, 3.05) is 13.2 Å². The molecule has 0 aromatic heterocycles. The molecule has 9 nitrogen and oxygen atoms in total. The Morgan fingerprint density at radius 3 is 2.41 bits per heavy atom. The van der Waals surface area contributed by atoms with Crippen molar-refractivity contribution in [3.8, 4) is 11.5 Å². The summed E-state index contributed by atoms with van der Waals surface area (Å²) in [5.74, 6) is -2.27. The van der Waals surface area contributed by atoms with E-state index in [1.54, 1.807) is 0 Å². The molecule has 1 aromatic rings. The average molecular weight is 397 g/mol. The fourth-order valence-corrected chi connectivity index (χ4v) is 2.38. The molecule has 0 aliphatic carbocycles. The molecule has 1 saturated heterocycles. The number of carbonyl (C=O) groups excluding carboxylic acids is 4. The number of rotatable bonds is 7. The van der Waals surface area contributed by atoms with Gasteiger partial charge in [0.2, 0.25) is 0 Å². The highest BCUT2D eigenvalue weighted by Crippen LogP contribution is 2.37. The summed E-state index contributed by atoms with van der Waals surface area (Å²) in [6.45, 7) is 1.90. The van der Waals surface area contributed by atoms with Gasteiger partial charge in [0, 0.05) is 12.5 Å². The van der Waals surface area contributed by atoms with E-state index in [2.05, 4.69) is 0 Å². The highest BCUT2D eigenvalue weighted by molar-refractivity contribution is 6.34. The zero-order valence-corrected chi connectivity index (χ0v) is 15.1.